The molecule has 1 aliphatic rings. The maximum absolute atomic E-state index is 12.3. The van der Waals surface area contributed by atoms with Crippen molar-refractivity contribution in [3.63, 3.8) is 0 Å². The van der Waals surface area contributed by atoms with E-state index >= 15 is 0 Å². The number of urea groups is 1. The van der Waals surface area contributed by atoms with Crippen molar-refractivity contribution in [2.24, 2.45) is 0 Å². The quantitative estimate of drug-likeness (QED) is 0.562. The van der Waals surface area contributed by atoms with Gasteiger partial charge in [-0.15, -0.1) is 0 Å². The minimum absolute atomic E-state index is 0.150. The van der Waals surface area contributed by atoms with Gasteiger partial charge in [0.05, 0.1) is 0 Å². The Morgan fingerprint density at radius 1 is 0.871 bits per heavy atom. The topological polar surface area (TPSA) is 57.3 Å². The van der Waals surface area contributed by atoms with Crippen molar-refractivity contribution in [2.45, 2.75) is 31.7 Å². The second-order valence-electron chi connectivity index (χ2n) is 7.99. The van der Waals surface area contributed by atoms with E-state index in [0.717, 1.165) is 30.9 Å². The van der Waals surface area contributed by atoms with Crippen LogP contribution in [-0.2, 0) is 6.54 Å². The van der Waals surface area contributed by atoms with Crippen LogP contribution in [0.2, 0.25) is 0 Å². The fourth-order valence-electron chi connectivity index (χ4n) is 4.13. The Morgan fingerprint density at radius 3 is 2.10 bits per heavy atom. The molecule has 0 unspecified atom stereocenters. The van der Waals surface area contributed by atoms with Crippen LogP contribution in [0.4, 0.5) is 10.6 Å². The van der Waals surface area contributed by atoms with Gasteiger partial charge in [0, 0.05) is 38.3 Å². The van der Waals surface area contributed by atoms with Crippen LogP contribution >= 0.6 is 0 Å². The number of carbonyl (C=O) groups is 1. The summed E-state index contributed by atoms with van der Waals surface area (Å²) in [6.07, 6.45) is 5.17. The number of hydrogen-bond donors (Lipinski definition) is 2. The van der Waals surface area contributed by atoms with Crippen LogP contribution in [-0.4, -0.2) is 30.6 Å². The number of anilines is 1. The van der Waals surface area contributed by atoms with E-state index in [9.17, 15) is 4.79 Å². The predicted molar refractivity (Wildman–Crippen MR) is 125 cm³/mol. The molecule has 2 heterocycles. The molecule has 0 spiro atoms. The fourth-order valence-corrected chi connectivity index (χ4v) is 4.13. The summed E-state index contributed by atoms with van der Waals surface area (Å²) in [6, 6.07) is 24.9. The van der Waals surface area contributed by atoms with Crippen LogP contribution in [0.15, 0.2) is 79.0 Å². The van der Waals surface area contributed by atoms with Gasteiger partial charge in [0.15, 0.2) is 0 Å². The van der Waals surface area contributed by atoms with Gasteiger partial charge in [0.25, 0.3) is 0 Å². The molecule has 1 saturated heterocycles. The Balaban J connectivity index is 1.26. The monoisotopic (exact) mass is 414 g/mol. The van der Waals surface area contributed by atoms with E-state index in [1.165, 1.54) is 24.0 Å². The molecule has 2 aromatic carbocycles. The molecule has 160 valence electrons. The van der Waals surface area contributed by atoms with E-state index in [2.05, 4.69) is 69.0 Å². The number of amides is 2. The largest absolute Gasteiger partial charge is 0.357 e. The van der Waals surface area contributed by atoms with Gasteiger partial charge in [-0.2, -0.15) is 0 Å². The number of aromatic nitrogens is 1. The normalized spacial score (nSPS) is 13.4. The van der Waals surface area contributed by atoms with Crippen molar-refractivity contribution in [3.8, 4) is 0 Å². The van der Waals surface area contributed by atoms with Crippen molar-refractivity contribution in [3.05, 3.63) is 95.7 Å². The molecule has 5 heteroatoms. The zero-order valence-electron chi connectivity index (χ0n) is 17.8. The van der Waals surface area contributed by atoms with Crippen molar-refractivity contribution >= 4 is 11.8 Å². The highest BCUT2D eigenvalue weighted by atomic mass is 16.2. The number of hydrogen-bond acceptors (Lipinski definition) is 3. The summed E-state index contributed by atoms with van der Waals surface area (Å²) in [7, 11) is 0. The average molecular weight is 415 g/mol. The van der Waals surface area contributed by atoms with Crippen LogP contribution in [0.1, 0.15) is 41.9 Å². The first-order valence-corrected chi connectivity index (χ1v) is 11.1. The molecule has 1 aromatic heterocycles. The van der Waals surface area contributed by atoms with Crippen LogP contribution in [0.5, 0.6) is 0 Å². The molecule has 3 aromatic rings. The van der Waals surface area contributed by atoms with E-state index in [4.69, 9.17) is 0 Å². The number of nitrogens with zero attached hydrogens (tertiary/aromatic N) is 2. The fraction of sp³-hybridized carbons (Fsp3) is 0.308. The summed E-state index contributed by atoms with van der Waals surface area (Å²) in [5.74, 6) is 1.28. The lowest BCUT2D eigenvalue weighted by Gasteiger charge is -2.18. The van der Waals surface area contributed by atoms with Gasteiger partial charge in [0.1, 0.15) is 5.82 Å². The molecule has 0 aliphatic carbocycles. The third-order valence-corrected chi connectivity index (χ3v) is 5.81. The molecule has 0 atom stereocenters. The molecule has 5 nitrogen and oxygen atoms in total. The molecule has 1 fully saturated rings. The third-order valence-electron chi connectivity index (χ3n) is 5.81. The molecular formula is C26H30N4O. The Kier molecular flexibility index (Phi) is 7.16. The summed E-state index contributed by atoms with van der Waals surface area (Å²) in [5, 5.41) is 5.94. The Morgan fingerprint density at radius 2 is 1.52 bits per heavy atom. The SMILES string of the molecule is O=C(NCCC(c1ccccc1)c1ccccc1)NCc1ccc(N2CCCC2)nc1. The predicted octanol–water partition coefficient (Wildman–Crippen LogP) is 4.70. The molecule has 2 N–H and O–H groups in total. The average Bonchev–Trinajstić information content (AvgIpc) is 3.37. The van der Waals surface area contributed by atoms with Crippen molar-refractivity contribution < 1.29 is 4.79 Å². The number of carbonyl (C=O) groups excluding carboxylic acids is 1. The van der Waals surface area contributed by atoms with Gasteiger partial charge in [-0.05, 0) is 42.0 Å². The number of pyridine rings is 1. The Labute approximate surface area is 184 Å². The van der Waals surface area contributed by atoms with E-state index in [0.29, 0.717) is 13.1 Å². The minimum atomic E-state index is -0.150. The van der Waals surface area contributed by atoms with Crippen LogP contribution < -0.4 is 15.5 Å². The molecule has 0 radical (unpaired) electrons. The van der Waals surface area contributed by atoms with Gasteiger partial charge in [-0.25, -0.2) is 9.78 Å². The van der Waals surface area contributed by atoms with E-state index in [1.54, 1.807) is 0 Å². The van der Waals surface area contributed by atoms with E-state index < -0.39 is 0 Å². The molecular weight excluding hydrogens is 384 g/mol. The van der Waals surface area contributed by atoms with Gasteiger partial charge >= 0.3 is 6.03 Å². The van der Waals surface area contributed by atoms with Gasteiger partial charge < -0.3 is 15.5 Å². The summed E-state index contributed by atoms with van der Waals surface area (Å²) >= 11 is 0. The zero-order valence-corrected chi connectivity index (χ0v) is 17.8. The van der Waals surface area contributed by atoms with E-state index in [1.807, 2.05) is 30.5 Å². The van der Waals surface area contributed by atoms with Crippen LogP contribution in [0.25, 0.3) is 0 Å². The van der Waals surface area contributed by atoms with Crippen molar-refractivity contribution in [1.82, 2.24) is 15.6 Å². The number of nitrogens with one attached hydrogen (secondary N) is 2. The smallest absolute Gasteiger partial charge is 0.315 e. The third kappa shape index (κ3) is 5.85. The first-order chi connectivity index (χ1) is 15.3. The lowest BCUT2D eigenvalue weighted by atomic mass is 9.88. The summed E-state index contributed by atoms with van der Waals surface area (Å²) < 4.78 is 0. The number of rotatable bonds is 8. The standard InChI is InChI=1S/C26H30N4O/c31-26(29-20-21-13-14-25(28-19-21)30-17-7-8-18-30)27-16-15-24(22-9-3-1-4-10-22)23-11-5-2-6-12-23/h1-6,9-14,19,24H,7-8,15-18,20H2,(H2,27,29,31). The number of benzene rings is 2. The highest BCUT2D eigenvalue weighted by Gasteiger charge is 2.15. The second-order valence-corrected chi connectivity index (χ2v) is 7.99. The van der Waals surface area contributed by atoms with Crippen LogP contribution in [0, 0.1) is 0 Å². The first kappa shape index (κ1) is 20.9. The summed E-state index contributed by atoms with van der Waals surface area (Å²) in [5.41, 5.74) is 3.53. The van der Waals surface area contributed by atoms with Crippen LogP contribution in [0.3, 0.4) is 0 Å². The molecule has 4 rings (SSSR count). The van der Waals surface area contributed by atoms with E-state index in [-0.39, 0.29) is 11.9 Å². The molecule has 2 amide bonds. The second kappa shape index (κ2) is 10.6. The van der Waals surface area contributed by atoms with Gasteiger partial charge in [-0.1, -0.05) is 66.7 Å². The molecule has 1 aliphatic heterocycles. The first-order valence-electron chi connectivity index (χ1n) is 11.1. The molecule has 0 bridgehead atoms. The zero-order chi connectivity index (χ0) is 21.3. The lowest BCUT2D eigenvalue weighted by Crippen LogP contribution is -2.36. The maximum Gasteiger partial charge on any atom is 0.315 e. The maximum atomic E-state index is 12.3. The summed E-state index contributed by atoms with van der Waals surface area (Å²) in [6.45, 7) is 3.24. The Bertz CT molecular complexity index is 899. The van der Waals surface area contributed by atoms with Gasteiger partial charge in [0.2, 0.25) is 0 Å². The van der Waals surface area contributed by atoms with Crippen molar-refractivity contribution in [1.29, 1.82) is 0 Å². The Hall–Kier alpha value is -3.34. The van der Waals surface area contributed by atoms with Crippen molar-refractivity contribution in [2.75, 3.05) is 24.5 Å². The highest BCUT2D eigenvalue weighted by molar-refractivity contribution is 5.73. The molecule has 0 saturated carbocycles. The minimum Gasteiger partial charge on any atom is -0.357 e. The lowest BCUT2D eigenvalue weighted by molar-refractivity contribution is 0.240. The highest BCUT2D eigenvalue weighted by Crippen LogP contribution is 2.27. The molecule has 31 heavy (non-hydrogen) atoms. The van der Waals surface area contributed by atoms with Gasteiger partial charge in [-0.3, -0.25) is 0 Å². The summed E-state index contributed by atoms with van der Waals surface area (Å²) in [4.78, 5) is 19.1.